The van der Waals surface area contributed by atoms with Crippen molar-refractivity contribution in [1.29, 1.82) is 0 Å². The van der Waals surface area contributed by atoms with Crippen molar-refractivity contribution >= 4 is 38.0 Å². The molecule has 0 saturated heterocycles. The van der Waals surface area contributed by atoms with Crippen LogP contribution in [0.15, 0.2) is 77.8 Å². The zero-order valence-electron chi connectivity index (χ0n) is 19.9. The van der Waals surface area contributed by atoms with Gasteiger partial charge in [-0.15, -0.1) is 0 Å². The molecule has 6 nitrogen and oxygen atoms in total. The van der Waals surface area contributed by atoms with Gasteiger partial charge in [0.25, 0.3) is 0 Å². The quantitative estimate of drug-likeness (QED) is 0.411. The smallest absolute Gasteiger partial charge is 0.244 e. The minimum Gasteiger partial charge on any atom is -0.378 e. The monoisotopic (exact) mass is 475 g/mol. The molecule has 176 valence electrons. The average molecular weight is 476 g/mol. The number of carbonyl (C=O) groups excluding carboxylic acids is 1. The number of carbonyl (C=O) groups is 1. The van der Waals surface area contributed by atoms with Crippen LogP contribution in [0.4, 0.5) is 11.4 Å². The molecule has 0 aliphatic rings. The number of fused-ring (bicyclic) bond motifs is 1. The molecule has 0 unspecified atom stereocenters. The standard InChI is InChI=1S/C27H29N3O3S/c1-19-9-10-20(2)21(15-19)18-34(32,33)26-16-30(25-8-6-5-7-24(25)26)17-27(31)28-22-11-13-23(14-12-22)29(3)4/h5-16H,17-18H2,1-4H3,(H,28,31). The Labute approximate surface area is 200 Å². The number of aromatic nitrogens is 1. The first-order chi connectivity index (χ1) is 16.1. The van der Waals surface area contributed by atoms with Gasteiger partial charge < -0.3 is 14.8 Å². The number of hydrogen-bond donors (Lipinski definition) is 1. The summed E-state index contributed by atoms with van der Waals surface area (Å²) in [5.41, 5.74) is 5.19. The van der Waals surface area contributed by atoms with E-state index in [-0.39, 0.29) is 23.1 Å². The summed E-state index contributed by atoms with van der Waals surface area (Å²) in [4.78, 5) is 15.0. The number of hydrogen-bond acceptors (Lipinski definition) is 4. The van der Waals surface area contributed by atoms with Crippen LogP contribution in [0, 0.1) is 13.8 Å². The highest BCUT2D eigenvalue weighted by Crippen LogP contribution is 2.29. The van der Waals surface area contributed by atoms with E-state index in [4.69, 9.17) is 0 Å². The first-order valence-electron chi connectivity index (χ1n) is 11.1. The first kappa shape index (κ1) is 23.6. The van der Waals surface area contributed by atoms with E-state index in [0.29, 0.717) is 16.6 Å². The van der Waals surface area contributed by atoms with Gasteiger partial charge in [0.2, 0.25) is 5.91 Å². The molecular weight excluding hydrogens is 446 g/mol. The number of amides is 1. The van der Waals surface area contributed by atoms with Crippen molar-refractivity contribution in [3.63, 3.8) is 0 Å². The van der Waals surface area contributed by atoms with Crippen molar-refractivity contribution in [2.24, 2.45) is 0 Å². The van der Waals surface area contributed by atoms with Crippen LogP contribution in [-0.4, -0.2) is 33.0 Å². The minimum atomic E-state index is -3.62. The molecule has 0 aliphatic heterocycles. The lowest BCUT2D eigenvalue weighted by Crippen LogP contribution is -2.18. The third kappa shape index (κ3) is 4.99. The fourth-order valence-electron chi connectivity index (χ4n) is 4.03. The van der Waals surface area contributed by atoms with Gasteiger partial charge in [-0.2, -0.15) is 0 Å². The van der Waals surface area contributed by atoms with E-state index in [2.05, 4.69) is 5.32 Å². The van der Waals surface area contributed by atoms with Gasteiger partial charge in [-0.05, 0) is 55.3 Å². The maximum atomic E-state index is 13.4. The molecule has 4 rings (SSSR count). The van der Waals surface area contributed by atoms with Crippen molar-refractivity contribution in [3.05, 3.63) is 89.6 Å². The van der Waals surface area contributed by atoms with Crippen molar-refractivity contribution in [1.82, 2.24) is 4.57 Å². The van der Waals surface area contributed by atoms with E-state index in [1.165, 1.54) is 0 Å². The van der Waals surface area contributed by atoms with Gasteiger partial charge in [-0.1, -0.05) is 42.0 Å². The van der Waals surface area contributed by atoms with E-state index >= 15 is 0 Å². The van der Waals surface area contributed by atoms with Crippen LogP contribution in [0.1, 0.15) is 16.7 Å². The zero-order valence-corrected chi connectivity index (χ0v) is 20.7. The van der Waals surface area contributed by atoms with Gasteiger partial charge in [-0.25, -0.2) is 8.42 Å². The summed E-state index contributed by atoms with van der Waals surface area (Å²) < 4.78 is 28.6. The van der Waals surface area contributed by atoms with E-state index in [1.807, 2.05) is 93.5 Å². The molecular formula is C27H29N3O3S. The molecule has 0 spiro atoms. The number of para-hydroxylation sites is 1. The molecule has 0 atom stereocenters. The van der Waals surface area contributed by atoms with Crippen LogP contribution >= 0.6 is 0 Å². The molecule has 1 aromatic heterocycles. The van der Waals surface area contributed by atoms with Crippen molar-refractivity contribution in [3.8, 4) is 0 Å². The normalized spacial score (nSPS) is 11.5. The number of sulfone groups is 1. The maximum Gasteiger partial charge on any atom is 0.244 e. The lowest BCUT2D eigenvalue weighted by molar-refractivity contribution is -0.116. The molecule has 1 heterocycles. The van der Waals surface area contributed by atoms with E-state index in [9.17, 15) is 13.2 Å². The van der Waals surface area contributed by atoms with Crippen molar-refractivity contribution in [2.75, 3.05) is 24.3 Å². The van der Waals surface area contributed by atoms with Crippen LogP contribution in [0.2, 0.25) is 0 Å². The Morgan fingerprint density at radius 3 is 2.38 bits per heavy atom. The van der Waals surface area contributed by atoms with Crippen LogP contribution < -0.4 is 10.2 Å². The Bertz CT molecular complexity index is 1450. The molecule has 1 amide bonds. The Morgan fingerprint density at radius 1 is 0.971 bits per heavy atom. The molecule has 7 heteroatoms. The Morgan fingerprint density at radius 2 is 1.68 bits per heavy atom. The fraction of sp³-hybridized carbons (Fsp3) is 0.222. The third-order valence-electron chi connectivity index (χ3n) is 5.92. The minimum absolute atomic E-state index is 0.00887. The number of anilines is 2. The van der Waals surface area contributed by atoms with Gasteiger partial charge in [-0.3, -0.25) is 4.79 Å². The van der Waals surface area contributed by atoms with E-state index in [1.54, 1.807) is 16.8 Å². The molecule has 34 heavy (non-hydrogen) atoms. The van der Waals surface area contributed by atoms with Crippen molar-refractivity contribution < 1.29 is 13.2 Å². The summed E-state index contributed by atoms with van der Waals surface area (Å²) in [6.07, 6.45) is 1.58. The second-order valence-corrected chi connectivity index (χ2v) is 10.8. The highest BCUT2D eigenvalue weighted by atomic mass is 32.2. The summed E-state index contributed by atoms with van der Waals surface area (Å²) >= 11 is 0. The topological polar surface area (TPSA) is 71.4 Å². The number of benzene rings is 3. The highest BCUT2D eigenvalue weighted by molar-refractivity contribution is 7.90. The van der Waals surface area contributed by atoms with Crippen molar-refractivity contribution in [2.45, 2.75) is 31.0 Å². The fourth-order valence-corrected chi connectivity index (χ4v) is 5.70. The van der Waals surface area contributed by atoms with Crippen LogP contribution in [-0.2, 0) is 26.9 Å². The molecule has 4 aromatic rings. The molecule has 0 saturated carbocycles. The lowest BCUT2D eigenvalue weighted by Gasteiger charge is -2.13. The Balaban J connectivity index is 1.61. The van der Waals surface area contributed by atoms with Crippen LogP contribution in [0.5, 0.6) is 0 Å². The van der Waals surface area contributed by atoms with E-state index in [0.717, 1.165) is 22.4 Å². The molecule has 0 radical (unpaired) electrons. The number of nitrogens with one attached hydrogen (secondary N) is 1. The predicted octanol–water partition coefficient (Wildman–Crippen LogP) is 4.94. The second kappa shape index (κ2) is 9.35. The Kier molecular flexibility index (Phi) is 6.48. The van der Waals surface area contributed by atoms with Gasteiger partial charge in [0.1, 0.15) is 6.54 Å². The maximum absolute atomic E-state index is 13.4. The number of rotatable bonds is 7. The van der Waals surface area contributed by atoms with Gasteiger partial charge in [0, 0.05) is 42.6 Å². The molecule has 0 aliphatic carbocycles. The third-order valence-corrected chi connectivity index (χ3v) is 7.61. The van der Waals surface area contributed by atoms with Gasteiger partial charge in [0.05, 0.1) is 10.6 Å². The van der Waals surface area contributed by atoms with Gasteiger partial charge in [0.15, 0.2) is 9.84 Å². The highest BCUT2D eigenvalue weighted by Gasteiger charge is 2.23. The molecule has 1 N–H and O–H groups in total. The largest absolute Gasteiger partial charge is 0.378 e. The molecule has 0 fully saturated rings. The number of nitrogens with zero attached hydrogens (tertiary/aromatic N) is 2. The summed E-state index contributed by atoms with van der Waals surface area (Å²) in [6.45, 7) is 3.88. The second-order valence-electron chi connectivity index (χ2n) is 8.82. The SMILES string of the molecule is Cc1ccc(C)c(CS(=O)(=O)c2cn(CC(=O)Nc3ccc(N(C)C)cc3)c3ccccc23)c1. The van der Waals surface area contributed by atoms with Crippen LogP contribution in [0.3, 0.4) is 0 Å². The summed E-state index contributed by atoms with van der Waals surface area (Å²) in [7, 11) is 0.287. The summed E-state index contributed by atoms with van der Waals surface area (Å²) in [6, 6.07) is 20.7. The van der Waals surface area contributed by atoms with Crippen LogP contribution in [0.25, 0.3) is 10.9 Å². The summed E-state index contributed by atoms with van der Waals surface area (Å²) in [5.74, 6) is -0.310. The Hall–Kier alpha value is -3.58. The lowest BCUT2D eigenvalue weighted by atomic mass is 10.1. The van der Waals surface area contributed by atoms with E-state index < -0.39 is 9.84 Å². The average Bonchev–Trinajstić information content (AvgIpc) is 3.16. The zero-order chi connectivity index (χ0) is 24.5. The molecule has 3 aromatic carbocycles. The number of aryl methyl sites for hydroxylation is 2. The summed E-state index contributed by atoms with van der Waals surface area (Å²) in [5, 5.41) is 3.52. The van der Waals surface area contributed by atoms with Gasteiger partial charge >= 0.3 is 0 Å². The molecule has 0 bridgehead atoms. The predicted molar refractivity (Wildman–Crippen MR) is 138 cm³/mol. The first-order valence-corrected chi connectivity index (χ1v) is 12.7.